The van der Waals surface area contributed by atoms with E-state index in [0.29, 0.717) is 39.7 Å². The van der Waals surface area contributed by atoms with Crippen LogP contribution in [-0.4, -0.2) is 48.2 Å². The van der Waals surface area contributed by atoms with Crippen molar-refractivity contribution < 1.29 is 21.7 Å². The normalized spacial score (nSPS) is 26.3. The Hall–Kier alpha value is -2.20. The van der Waals surface area contributed by atoms with Crippen LogP contribution in [-0.2, 0) is 11.2 Å². The largest absolute Gasteiger partial charge is 0.448 e. The molecule has 3 N–H and O–H groups in total. The van der Waals surface area contributed by atoms with Crippen molar-refractivity contribution in [1.29, 1.82) is 0 Å². The zero-order valence-electron chi connectivity index (χ0n) is 23.5. The predicted molar refractivity (Wildman–Crippen MR) is 144 cm³/mol. The Kier molecular flexibility index (Phi) is 6.79. The van der Waals surface area contributed by atoms with Crippen molar-refractivity contribution >= 4 is 29.3 Å². The van der Waals surface area contributed by atoms with Gasteiger partial charge in [-0.15, -0.1) is 11.8 Å². The third-order valence-electron chi connectivity index (χ3n) is 7.52. The minimum absolute atomic E-state index is 0.140. The lowest BCUT2D eigenvalue weighted by Gasteiger charge is -2.39. The molecule has 1 aliphatic carbocycles. The van der Waals surface area contributed by atoms with Crippen LogP contribution in [0.1, 0.15) is 62.5 Å². The summed E-state index contributed by atoms with van der Waals surface area (Å²) < 4.78 is 35.1. The number of halogens is 1. The van der Waals surface area contributed by atoms with Gasteiger partial charge in [0, 0.05) is 52.7 Å². The van der Waals surface area contributed by atoms with Crippen LogP contribution in [0.5, 0.6) is 11.5 Å². The number of hydrogen-bond acceptors (Lipinski definition) is 7. The quantitative estimate of drug-likeness (QED) is 0.442. The third-order valence-corrected chi connectivity index (χ3v) is 8.57. The number of pyridine rings is 1. The van der Waals surface area contributed by atoms with E-state index in [-0.39, 0.29) is 22.1 Å². The van der Waals surface area contributed by atoms with E-state index in [9.17, 15) is 9.59 Å². The van der Waals surface area contributed by atoms with E-state index >= 15 is 0 Å². The number of aromatic nitrogens is 1. The summed E-state index contributed by atoms with van der Waals surface area (Å²) in [5.74, 6) is -0.713. The molecule has 0 bridgehead atoms. The molecule has 1 amide bonds. The number of ether oxygens (including phenoxy) is 3. The lowest BCUT2D eigenvalue weighted by Crippen LogP contribution is -2.53. The smallest absolute Gasteiger partial charge is 0.254 e. The predicted octanol–water partition coefficient (Wildman–Crippen LogP) is 4.33. The summed E-state index contributed by atoms with van der Waals surface area (Å²) in [4.78, 5) is 29.1. The molecule has 0 radical (unpaired) electrons. The van der Waals surface area contributed by atoms with Crippen LogP contribution in [0.4, 0.5) is 0 Å². The van der Waals surface area contributed by atoms with Gasteiger partial charge >= 0.3 is 0 Å². The standard InChI is InChI=1S/C27H34ClN3O5S/c1-14-9-22(37-4)20(26(33)30-14)11-29-25(32)19-10-21(28)24-23(15(19)2)35-27(3,36-24)16-5-7-17(8-6-16)31-18-12-34-13-18/h9-10,16-18,31H,5-8,11-13H2,1-4H3,(H,29,32)(H,30,33)/i11D2. The molecule has 1 aromatic heterocycles. The van der Waals surface area contributed by atoms with Crippen LogP contribution in [0.3, 0.4) is 0 Å². The summed E-state index contributed by atoms with van der Waals surface area (Å²) in [7, 11) is 0. The number of aromatic amines is 1. The van der Waals surface area contributed by atoms with E-state index < -0.39 is 23.8 Å². The maximum absolute atomic E-state index is 13.4. The fourth-order valence-electron chi connectivity index (χ4n) is 5.32. The molecule has 5 rings (SSSR count). The molecule has 2 fully saturated rings. The van der Waals surface area contributed by atoms with Crippen molar-refractivity contribution in [2.45, 2.75) is 75.7 Å². The van der Waals surface area contributed by atoms with Gasteiger partial charge in [-0.2, -0.15) is 0 Å². The molecular formula is C27H34ClN3O5S. The van der Waals surface area contributed by atoms with Crippen molar-refractivity contribution in [3.63, 3.8) is 0 Å². The average molecular weight is 550 g/mol. The monoisotopic (exact) mass is 549 g/mol. The number of benzene rings is 1. The second-order valence-corrected chi connectivity index (χ2v) is 11.4. The van der Waals surface area contributed by atoms with Crippen molar-refractivity contribution in [3.05, 3.63) is 49.9 Å². The molecule has 1 atom stereocenters. The van der Waals surface area contributed by atoms with Gasteiger partial charge in [0.1, 0.15) is 0 Å². The number of carbonyl (C=O) groups is 1. The van der Waals surface area contributed by atoms with Gasteiger partial charge in [0.25, 0.3) is 17.3 Å². The molecule has 2 aromatic rings. The number of rotatable bonds is 7. The first-order valence-electron chi connectivity index (χ1n) is 13.6. The van der Waals surface area contributed by atoms with Crippen molar-refractivity contribution in [3.8, 4) is 11.5 Å². The highest BCUT2D eigenvalue weighted by atomic mass is 35.5. The second kappa shape index (κ2) is 10.5. The second-order valence-electron chi connectivity index (χ2n) is 10.2. The number of thioether (sulfide) groups is 1. The number of hydrogen-bond donors (Lipinski definition) is 3. The maximum atomic E-state index is 13.4. The van der Waals surface area contributed by atoms with Crippen LogP contribution in [0.25, 0.3) is 0 Å². The topological polar surface area (TPSA) is 102 Å². The Balaban J connectivity index is 1.34. The molecular weight excluding hydrogens is 514 g/mol. The zero-order valence-corrected chi connectivity index (χ0v) is 23.0. The minimum atomic E-state index is -2.43. The van der Waals surface area contributed by atoms with Crippen molar-refractivity contribution in [2.75, 3.05) is 19.5 Å². The number of nitrogens with one attached hydrogen (secondary N) is 3. The molecule has 3 heterocycles. The maximum Gasteiger partial charge on any atom is 0.254 e. The highest BCUT2D eigenvalue weighted by Crippen LogP contribution is 2.51. The summed E-state index contributed by atoms with van der Waals surface area (Å²) in [5.41, 5.74) is 0.511. The third kappa shape index (κ3) is 5.24. The molecule has 8 nitrogen and oxygen atoms in total. The van der Waals surface area contributed by atoms with E-state index in [1.165, 1.54) is 17.8 Å². The number of amides is 1. The fraction of sp³-hybridized carbons (Fsp3) is 0.556. The molecule has 37 heavy (non-hydrogen) atoms. The van der Waals surface area contributed by atoms with Crippen molar-refractivity contribution in [2.24, 2.45) is 5.92 Å². The molecule has 10 heteroatoms. The average Bonchev–Trinajstić information content (AvgIpc) is 3.22. The Morgan fingerprint density at radius 3 is 2.54 bits per heavy atom. The summed E-state index contributed by atoms with van der Waals surface area (Å²) in [6.45, 7) is 4.47. The first kappa shape index (κ1) is 23.9. The first-order valence-corrected chi connectivity index (χ1v) is 14.2. The first-order chi connectivity index (χ1) is 18.4. The highest BCUT2D eigenvalue weighted by molar-refractivity contribution is 7.98. The summed E-state index contributed by atoms with van der Waals surface area (Å²) in [6.07, 6.45) is 5.60. The fourth-order valence-corrected chi connectivity index (χ4v) is 6.20. The van der Waals surface area contributed by atoms with Gasteiger partial charge in [-0.05, 0) is 57.9 Å². The lowest BCUT2D eigenvalue weighted by atomic mass is 9.81. The summed E-state index contributed by atoms with van der Waals surface area (Å²) in [6, 6.07) is 4.04. The Morgan fingerprint density at radius 2 is 1.89 bits per heavy atom. The molecule has 0 spiro atoms. The minimum Gasteiger partial charge on any atom is -0.448 e. The number of fused-ring (bicyclic) bond motifs is 1. The van der Waals surface area contributed by atoms with Crippen LogP contribution in [0.2, 0.25) is 5.02 Å². The van der Waals surface area contributed by atoms with Gasteiger partial charge in [0.15, 0.2) is 11.5 Å². The van der Waals surface area contributed by atoms with Gasteiger partial charge in [0.05, 0.1) is 27.0 Å². The van der Waals surface area contributed by atoms with Crippen LogP contribution >= 0.6 is 23.4 Å². The van der Waals surface area contributed by atoms with Gasteiger partial charge in [-0.25, -0.2) is 0 Å². The van der Waals surface area contributed by atoms with E-state index in [1.54, 1.807) is 26.2 Å². The lowest BCUT2D eigenvalue weighted by molar-refractivity contribution is -0.122. The van der Waals surface area contributed by atoms with E-state index in [4.69, 9.17) is 28.6 Å². The summed E-state index contributed by atoms with van der Waals surface area (Å²) >= 11 is 7.82. The van der Waals surface area contributed by atoms with Gasteiger partial charge in [-0.3, -0.25) is 9.59 Å². The molecule has 1 unspecified atom stereocenters. The van der Waals surface area contributed by atoms with E-state index in [2.05, 4.69) is 15.6 Å². The van der Waals surface area contributed by atoms with Crippen LogP contribution < -0.4 is 25.7 Å². The van der Waals surface area contributed by atoms with Crippen LogP contribution in [0.15, 0.2) is 21.8 Å². The highest BCUT2D eigenvalue weighted by Gasteiger charge is 2.47. The Labute approximate surface area is 229 Å². The summed E-state index contributed by atoms with van der Waals surface area (Å²) in [5, 5.41) is 6.25. The number of carbonyl (C=O) groups excluding carboxylic acids is 1. The zero-order chi connectivity index (χ0) is 28.1. The number of aryl methyl sites for hydroxylation is 1. The SMILES string of the molecule is [2H]C([2H])(NC(=O)c1cc(Cl)c2c(c1C)OC(C)(C1CCC(NC3COC3)CC1)O2)c1c(SC)cc(C)[nH]c1=O. The molecule has 1 aromatic carbocycles. The van der Waals surface area contributed by atoms with Crippen LogP contribution in [0, 0.1) is 19.8 Å². The van der Waals surface area contributed by atoms with Gasteiger partial charge in [-0.1, -0.05) is 11.6 Å². The molecule has 1 saturated heterocycles. The van der Waals surface area contributed by atoms with Crippen molar-refractivity contribution in [1.82, 2.24) is 15.6 Å². The Morgan fingerprint density at radius 1 is 1.19 bits per heavy atom. The van der Waals surface area contributed by atoms with Gasteiger partial charge in [0.2, 0.25) is 0 Å². The van der Waals surface area contributed by atoms with E-state index in [0.717, 1.165) is 38.9 Å². The Bertz CT molecular complexity index is 1340. The molecule has 3 aliphatic rings. The molecule has 200 valence electrons. The molecule has 1 saturated carbocycles. The number of H-pyrrole nitrogens is 1. The van der Waals surface area contributed by atoms with Gasteiger partial charge < -0.3 is 29.8 Å². The molecule has 2 aliphatic heterocycles. The van der Waals surface area contributed by atoms with E-state index in [1.807, 2.05) is 6.92 Å².